The zero-order valence-electron chi connectivity index (χ0n) is 10.3. The fraction of sp³-hybridized carbons (Fsp3) is 0.417. The van der Waals surface area contributed by atoms with Gasteiger partial charge < -0.3 is 11.1 Å². The third kappa shape index (κ3) is 3.92. The minimum Gasteiger partial charge on any atom is -0.322 e. The lowest BCUT2D eigenvalue weighted by molar-refractivity contribution is -0.120. The van der Waals surface area contributed by atoms with Crippen LogP contribution in [0.5, 0.6) is 0 Å². The van der Waals surface area contributed by atoms with Gasteiger partial charge in [0.15, 0.2) is 11.6 Å². The predicted molar refractivity (Wildman–Crippen MR) is 69.7 cm³/mol. The van der Waals surface area contributed by atoms with E-state index in [9.17, 15) is 13.6 Å². The molecule has 1 unspecified atom stereocenters. The Balaban J connectivity index is 0.00000289. The number of carbonyl (C=O) groups excluding carboxylic acids is 1. The Hall–Kier alpha value is -1.20. The molecular weight excluding hydrogens is 262 g/mol. The highest BCUT2D eigenvalue weighted by Crippen LogP contribution is 2.19. The average Bonchev–Trinajstić information content (AvgIpc) is 2.24. The standard InChI is InChI=1S/C12H16F2N2O.ClH/c1-3-7-12(2,15)11(17)16-9-6-4-5-8(13)10(9)14;/h4-6H,3,7,15H2,1-2H3,(H,16,17);1H. The fourth-order valence-electron chi connectivity index (χ4n) is 1.50. The first-order valence-electron chi connectivity index (χ1n) is 5.43. The van der Waals surface area contributed by atoms with Crippen molar-refractivity contribution in [3.8, 4) is 0 Å². The Morgan fingerprint density at radius 1 is 1.44 bits per heavy atom. The maximum atomic E-state index is 13.3. The molecule has 1 rings (SSSR count). The summed E-state index contributed by atoms with van der Waals surface area (Å²) in [5.41, 5.74) is 4.50. The van der Waals surface area contributed by atoms with E-state index < -0.39 is 23.1 Å². The van der Waals surface area contributed by atoms with Crippen LogP contribution in [0, 0.1) is 11.6 Å². The molecule has 3 nitrogen and oxygen atoms in total. The second-order valence-electron chi connectivity index (χ2n) is 4.22. The van der Waals surface area contributed by atoms with E-state index in [4.69, 9.17) is 5.73 Å². The van der Waals surface area contributed by atoms with E-state index in [0.717, 1.165) is 12.5 Å². The van der Waals surface area contributed by atoms with E-state index in [0.29, 0.717) is 6.42 Å². The highest BCUT2D eigenvalue weighted by atomic mass is 35.5. The molecule has 0 saturated heterocycles. The van der Waals surface area contributed by atoms with Gasteiger partial charge in [-0.1, -0.05) is 19.4 Å². The summed E-state index contributed by atoms with van der Waals surface area (Å²) in [5.74, 6) is -2.60. The van der Waals surface area contributed by atoms with Crippen molar-refractivity contribution < 1.29 is 13.6 Å². The molecule has 18 heavy (non-hydrogen) atoms. The number of carbonyl (C=O) groups is 1. The minimum atomic E-state index is -1.09. The highest BCUT2D eigenvalue weighted by molar-refractivity contribution is 5.97. The Labute approximate surface area is 111 Å². The van der Waals surface area contributed by atoms with Crippen LogP contribution < -0.4 is 11.1 Å². The molecule has 0 radical (unpaired) electrons. The maximum Gasteiger partial charge on any atom is 0.244 e. The quantitative estimate of drug-likeness (QED) is 0.890. The number of nitrogens with two attached hydrogens (primary N) is 1. The van der Waals surface area contributed by atoms with Crippen molar-refractivity contribution >= 4 is 24.0 Å². The van der Waals surface area contributed by atoms with Crippen molar-refractivity contribution in [3.63, 3.8) is 0 Å². The molecule has 6 heteroatoms. The minimum absolute atomic E-state index is 0. The second kappa shape index (κ2) is 6.66. The lowest BCUT2D eigenvalue weighted by atomic mass is 9.96. The van der Waals surface area contributed by atoms with Gasteiger partial charge in [0.1, 0.15) is 0 Å². The molecule has 0 fully saturated rings. The normalized spacial score (nSPS) is 13.4. The summed E-state index contributed by atoms with van der Waals surface area (Å²) in [4.78, 5) is 11.8. The summed E-state index contributed by atoms with van der Waals surface area (Å²) < 4.78 is 26.2. The third-order valence-electron chi connectivity index (χ3n) is 2.49. The van der Waals surface area contributed by atoms with Crippen molar-refractivity contribution in [2.45, 2.75) is 32.2 Å². The molecule has 0 bridgehead atoms. The van der Waals surface area contributed by atoms with E-state index in [1.165, 1.54) is 12.1 Å². The van der Waals surface area contributed by atoms with Crippen molar-refractivity contribution in [2.24, 2.45) is 5.73 Å². The van der Waals surface area contributed by atoms with Gasteiger partial charge in [0.25, 0.3) is 0 Å². The third-order valence-corrected chi connectivity index (χ3v) is 2.49. The van der Waals surface area contributed by atoms with E-state index in [1.807, 2.05) is 6.92 Å². The lowest BCUT2D eigenvalue weighted by Gasteiger charge is -2.22. The van der Waals surface area contributed by atoms with Crippen LogP contribution in [0.2, 0.25) is 0 Å². The van der Waals surface area contributed by atoms with Crippen LogP contribution in [0.4, 0.5) is 14.5 Å². The molecular formula is C12H17ClF2N2O. The first-order chi connectivity index (χ1) is 7.88. The first kappa shape index (κ1) is 16.8. The number of hydrogen-bond acceptors (Lipinski definition) is 2. The van der Waals surface area contributed by atoms with Gasteiger partial charge in [0.2, 0.25) is 5.91 Å². The summed E-state index contributed by atoms with van der Waals surface area (Å²) in [6, 6.07) is 3.60. The van der Waals surface area contributed by atoms with Crippen molar-refractivity contribution in [1.82, 2.24) is 0 Å². The molecule has 0 aromatic heterocycles. The molecule has 0 heterocycles. The van der Waals surface area contributed by atoms with Crippen LogP contribution in [0.3, 0.4) is 0 Å². The summed E-state index contributed by atoms with van der Waals surface area (Å²) in [7, 11) is 0. The molecule has 1 atom stereocenters. The Bertz CT molecular complexity index is 425. The van der Waals surface area contributed by atoms with Gasteiger partial charge in [-0.25, -0.2) is 8.78 Å². The van der Waals surface area contributed by atoms with Crippen molar-refractivity contribution in [2.75, 3.05) is 5.32 Å². The molecule has 0 saturated carbocycles. The molecule has 0 aliphatic carbocycles. The van der Waals surface area contributed by atoms with Gasteiger partial charge in [-0.3, -0.25) is 4.79 Å². The molecule has 0 spiro atoms. The van der Waals surface area contributed by atoms with E-state index >= 15 is 0 Å². The monoisotopic (exact) mass is 278 g/mol. The van der Waals surface area contributed by atoms with Gasteiger partial charge >= 0.3 is 0 Å². The van der Waals surface area contributed by atoms with E-state index in [-0.39, 0.29) is 18.1 Å². The van der Waals surface area contributed by atoms with Gasteiger partial charge in [-0.05, 0) is 25.5 Å². The van der Waals surface area contributed by atoms with Crippen LogP contribution in [-0.2, 0) is 4.79 Å². The van der Waals surface area contributed by atoms with Crippen LogP contribution in [0.25, 0.3) is 0 Å². The molecule has 1 aromatic carbocycles. The SMILES string of the molecule is CCCC(C)(N)C(=O)Nc1cccc(F)c1F.Cl. The number of nitrogens with one attached hydrogen (secondary N) is 1. The number of anilines is 1. The molecule has 1 aromatic rings. The molecule has 0 aliphatic rings. The summed E-state index contributed by atoms with van der Waals surface area (Å²) in [6.07, 6.45) is 1.20. The predicted octanol–water partition coefficient (Wildman–Crippen LogP) is 2.84. The van der Waals surface area contributed by atoms with Crippen LogP contribution >= 0.6 is 12.4 Å². The van der Waals surface area contributed by atoms with E-state index in [2.05, 4.69) is 5.32 Å². The first-order valence-corrected chi connectivity index (χ1v) is 5.43. The number of rotatable bonds is 4. The molecule has 3 N–H and O–H groups in total. The lowest BCUT2D eigenvalue weighted by Crippen LogP contribution is -2.48. The second-order valence-corrected chi connectivity index (χ2v) is 4.22. The van der Waals surface area contributed by atoms with Crippen molar-refractivity contribution in [1.29, 1.82) is 0 Å². The fourth-order valence-corrected chi connectivity index (χ4v) is 1.50. The number of amides is 1. The van der Waals surface area contributed by atoms with Crippen LogP contribution in [0.15, 0.2) is 18.2 Å². The highest BCUT2D eigenvalue weighted by Gasteiger charge is 2.28. The molecule has 1 amide bonds. The Morgan fingerprint density at radius 3 is 2.61 bits per heavy atom. The van der Waals surface area contributed by atoms with Crippen LogP contribution in [-0.4, -0.2) is 11.4 Å². The van der Waals surface area contributed by atoms with E-state index in [1.54, 1.807) is 6.92 Å². The topological polar surface area (TPSA) is 55.1 Å². The average molecular weight is 279 g/mol. The summed E-state index contributed by atoms with van der Waals surface area (Å²) in [5, 5.41) is 2.30. The van der Waals surface area contributed by atoms with Crippen molar-refractivity contribution in [3.05, 3.63) is 29.8 Å². The number of halogens is 3. The summed E-state index contributed by atoms with van der Waals surface area (Å²) >= 11 is 0. The van der Waals surface area contributed by atoms with Gasteiger partial charge in [-0.2, -0.15) is 0 Å². The van der Waals surface area contributed by atoms with Gasteiger partial charge in [0.05, 0.1) is 11.2 Å². The van der Waals surface area contributed by atoms with Gasteiger partial charge in [-0.15, -0.1) is 12.4 Å². The van der Waals surface area contributed by atoms with Gasteiger partial charge in [0, 0.05) is 0 Å². The maximum absolute atomic E-state index is 13.3. The smallest absolute Gasteiger partial charge is 0.244 e. The number of hydrogen-bond donors (Lipinski definition) is 2. The largest absolute Gasteiger partial charge is 0.322 e. The zero-order chi connectivity index (χ0) is 13.1. The zero-order valence-corrected chi connectivity index (χ0v) is 11.1. The van der Waals surface area contributed by atoms with Crippen LogP contribution in [0.1, 0.15) is 26.7 Å². The molecule has 0 aliphatic heterocycles. The number of benzene rings is 1. The Kier molecular flexibility index (Phi) is 6.21. The Morgan fingerprint density at radius 2 is 2.06 bits per heavy atom. The summed E-state index contributed by atoms with van der Waals surface area (Å²) in [6.45, 7) is 3.45. The molecule has 102 valence electrons.